The van der Waals surface area contributed by atoms with E-state index >= 15 is 0 Å². The summed E-state index contributed by atoms with van der Waals surface area (Å²) < 4.78 is 0. The highest BCUT2D eigenvalue weighted by molar-refractivity contribution is 5.78. The number of hydrogen-bond acceptors (Lipinski definition) is 2. The molecule has 0 bridgehead atoms. The van der Waals surface area contributed by atoms with Crippen molar-refractivity contribution in [2.24, 2.45) is 29.4 Å². The number of nitrogens with zero attached hydrogens (tertiary/aromatic N) is 1. The van der Waals surface area contributed by atoms with Gasteiger partial charge in [-0.05, 0) is 30.6 Å². The normalized spacial score (nSPS) is 25.6. The first-order valence-electron chi connectivity index (χ1n) is 6.40. The maximum Gasteiger partial charge on any atom is 0.226 e. The average molecular weight is 226 g/mol. The van der Waals surface area contributed by atoms with Crippen molar-refractivity contribution in [2.45, 2.75) is 33.6 Å². The topological polar surface area (TPSA) is 46.3 Å². The third kappa shape index (κ3) is 3.78. The summed E-state index contributed by atoms with van der Waals surface area (Å²) >= 11 is 0. The van der Waals surface area contributed by atoms with Gasteiger partial charge in [-0.15, -0.1) is 0 Å². The molecule has 0 aliphatic heterocycles. The van der Waals surface area contributed by atoms with E-state index in [1.165, 1.54) is 6.42 Å². The minimum absolute atomic E-state index is 0.0130. The minimum atomic E-state index is 0.0130. The Bertz CT molecular complexity index is 240. The maximum atomic E-state index is 12.1. The van der Waals surface area contributed by atoms with Crippen molar-refractivity contribution in [1.82, 2.24) is 4.90 Å². The van der Waals surface area contributed by atoms with Crippen LogP contribution in [0.4, 0.5) is 0 Å². The number of hydrogen-bond donors (Lipinski definition) is 1. The molecule has 0 heterocycles. The summed E-state index contributed by atoms with van der Waals surface area (Å²) in [6, 6.07) is 0. The molecule has 0 aromatic heterocycles. The third-order valence-corrected chi connectivity index (χ3v) is 3.55. The molecule has 1 rings (SSSR count). The molecule has 0 spiro atoms. The summed E-state index contributed by atoms with van der Waals surface area (Å²) in [6.07, 6.45) is 2.18. The lowest BCUT2D eigenvalue weighted by Gasteiger charge is -2.24. The van der Waals surface area contributed by atoms with Crippen molar-refractivity contribution >= 4 is 5.91 Å². The van der Waals surface area contributed by atoms with Crippen LogP contribution >= 0.6 is 0 Å². The standard InChI is InChI=1S/C13H26N2O/c1-9(2)5-11(7-14)13(16)15(4)8-12-6-10(12)3/h9-12H,5-8,14H2,1-4H3. The number of carbonyl (C=O) groups is 1. The van der Waals surface area contributed by atoms with Crippen molar-refractivity contribution in [3.8, 4) is 0 Å². The second-order valence-electron chi connectivity index (χ2n) is 5.75. The molecule has 3 unspecified atom stereocenters. The molecule has 1 saturated carbocycles. The molecule has 1 aliphatic rings. The van der Waals surface area contributed by atoms with Gasteiger partial charge in [0.25, 0.3) is 0 Å². The molecule has 2 N–H and O–H groups in total. The molecular formula is C13H26N2O. The predicted octanol–water partition coefficient (Wildman–Crippen LogP) is 1.72. The Morgan fingerprint density at radius 3 is 2.44 bits per heavy atom. The average Bonchev–Trinajstić information content (AvgIpc) is 2.89. The number of amides is 1. The Morgan fingerprint density at radius 1 is 1.50 bits per heavy atom. The van der Waals surface area contributed by atoms with Gasteiger partial charge in [0.1, 0.15) is 0 Å². The molecular weight excluding hydrogens is 200 g/mol. The fraction of sp³-hybridized carbons (Fsp3) is 0.923. The predicted molar refractivity (Wildman–Crippen MR) is 66.9 cm³/mol. The van der Waals surface area contributed by atoms with Gasteiger partial charge in [0.05, 0.1) is 5.92 Å². The van der Waals surface area contributed by atoms with E-state index in [9.17, 15) is 4.79 Å². The summed E-state index contributed by atoms with van der Waals surface area (Å²) in [5, 5.41) is 0. The van der Waals surface area contributed by atoms with E-state index in [0.29, 0.717) is 12.5 Å². The first-order chi connectivity index (χ1) is 7.45. The molecule has 1 amide bonds. The molecule has 1 fully saturated rings. The summed E-state index contributed by atoms with van der Waals surface area (Å²) in [7, 11) is 1.91. The van der Waals surface area contributed by atoms with Gasteiger partial charge in [-0.25, -0.2) is 0 Å². The van der Waals surface area contributed by atoms with Gasteiger partial charge in [-0.2, -0.15) is 0 Å². The van der Waals surface area contributed by atoms with E-state index in [-0.39, 0.29) is 11.8 Å². The minimum Gasteiger partial charge on any atom is -0.345 e. The molecule has 3 heteroatoms. The number of rotatable bonds is 6. The first-order valence-corrected chi connectivity index (χ1v) is 6.40. The fourth-order valence-corrected chi connectivity index (χ4v) is 2.27. The molecule has 94 valence electrons. The van der Waals surface area contributed by atoms with Crippen LogP contribution in [0.3, 0.4) is 0 Å². The zero-order valence-electron chi connectivity index (χ0n) is 11.1. The van der Waals surface area contributed by atoms with Gasteiger partial charge < -0.3 is 10.6 Å². The van der Waals surface area contributed by atoms with Gasteiger partial charge in [0, 0.05) is 20.1 Å². The van der Waals surface area contributed by atoms with E-state index in [2.05, 4.69) is 20.8 Å². The number of nitrogens with two attached hydrogens (primary N) is 1. The fourth-order valence-electron chi connectivity index (χ4n) is 2.27. The van der Waals surface area contributed by atoms with Crippen LogP contribution in [0.1, 0.15) is 33.6 Å². The van der Waals surface area contributed by atoms with Crippen LogP contribution in [-0.4, -0.2) is 30.9 Å². The molecule has 3 atom stereocenters. The summed E-state index contributed by atoms with van der Waals surface area (Å²) in [4.78, 5) is 14.0. The summed E-state index contributed by atoms with van der Waals surface area (Å²) in [6.45, 7) is 7.91. The molecule has 0 aromatic carbocycles. The quantitative estimate of drug-likeness (QED) is 0.749. The Kier molecular flexibility index (Phi) is 4.78. The van der Waals surface area contributed by atoms with Crippen LogP contribution in [0.2, 0.25) is 0 Å². The molecule has 1 aliphatic carbocycles. The smallest absolute Gasteiger partial charge is 0.226 e. The lowest BCUT2D eigenvalue weighted by molar-refractivity contribution is -0.134. The lowest BCUT2D eigenvalue weighted by atomic mass is 9.96. The largest absolute Gasteiger partial charge is 0.345 e. The van der Waals surface area contributed by atoms with E-state index in [4.69, 9.17) is 5.73 Å². The van der Waals surface area contributed by atoms with Crippen molar-refractivity contribution < 1.29 is 4.79 Å². The molecule has 16 heavy (non-hydrogen) atoms. The van der Waals surface area contributed by atoms with Crippen LogP contribution in [0, 0.1) is 23.7 Å². The van der Waals surface area contributed by atoms with Gasteiger partial charge in [0.2, 0.25) is 5.91 Å². The highest BCUT2D eigenvalue weighted by Gasteiger charge is 2.35. The Morgan fingerprint density at radius 2 is 2.06 bits per heavy atom. The monoisotopic (exact) mass is 226 g/mol. The van der Waals surface area contributed by atoms with E-state index in [0.717, 1.165) is 24.8 Å². The Labute approximate surface area is 99.4 Å². The zero-order valence-corrected chi connectivity index (χ0v) is 11.1. The summed E-state index contributed by atoms with van der Waals surface area (Å²) in [5.74, 6) is 2.31. The second kappa shape index (κ2) is 5.67. The van der Waals surface area contributed by atoms with Crippen LogP contribution in [0.25, 0.3) is 0 Å². The SMILES string of the molecule is CC(C)CC(CN)C(=O)N(C)CC1CC1C. The highest BCUT2D eigenvalue weighted by Crippen LogP contribution is 2.38. The van der Waals surface area contributed by atoms with Crippen LogP contribution in [0.5, 0.6) is 0 Å². The highest BCUT2D eigenvalue weighted by atomic mass is 16.2. The van der Waals surface area contributed by atoms with Crippen LogP contribution in [0.15, 0.2) is 0 Å². The van der Waals surface area contributed by atoms with Gasteiger partial charge in [-0.3, -0.25) is 4.79 Å². The van der Waals surface area contributed by atoms with Gasteiger partial charge in [0.15, 0.2) is 0 Å². The van der Waals surface area contributed by atoms with Crippen LogP contribution < -0.4 is 5.73 Å². The Balaban J connectivity index is 2.40. The van der Waals surface area contributed by atoms with Gasteiger partial charge in [-0.1, -0.05) is 20.8 Å². The van der Waals surface area contributed by atoms with Crippen molar-refractivity contribution in [3.05, 3.63) is 0 Å². The third-order valence-electron chi connectivity index (χ3n) is 3.55. The Hall–Kier alpha value is -0.570. The van der Waals surface area contributed by atoms with E-state index in [1.54, 1.807) is 0 Å². The molecule has 3 nitrogen and oxygen atoms in total. The van der Waals surface area contributed by atoms with Crippen molar-refractivity contribution in [3.63, 3.8) is 0 Å². The maximum absolute atomic E-state index is 12.1. The molecule has 0 radical (unpaired) electrons. The second-order valence-corrected chi connectivity index (χ2v) is 5.75. The summed E-state index contributed by atoms with van der Waals surface area (Å²) in [5.41, 5.74) is 5.69. The van der Waals surface area contributed by atoms with Crippen molar-refractivity contribution in [1.29, 1.82) is 0 Å². The first kappa shape index (κ1) is 13.5. The molecule has 0 saturated heterocycles. The number of carbonyl (C=O) groups excluding carboxylic acids is 1. The van der Waals surface area contributed by atoms with Gasteiger partial charge >= 0.3 is 0 Å². The van der Waals surface area contributed by atoms with E-state index < -0.39 is 0 Å². The van der Waals surface area contributed by atoms with Crippen molar-refractivity contribution in [2.75, 3.05) is 20.1 Å². The lowest BCUT2D eigenvalue weighted by Crippen LogP contribution is -2.38. The molecule has 0 aromatic rings. The zero-order chi connectivity index (χ0) is 12.3. The van der Waals surface area contributed by atoms with E-state index in [1.807, 2.05) is 11.9 Å². The van der Waals surface area contributed by atoms with Crippen LogP contribution in [-0.2, 0) is 4.79 Å².